The molecule has 3 heterocycles. The number of nitrogens with zero attached hydrogens (tertiary/aromatic N) is 5. The van der Waals surface area contributed by atoms with E-state index in [0.29, 0.717) is 31.4 Å². The monoisotopic (exact) mass is 318 g/mol. The molecule has 0 saturated carbocycles. The topological polar surface area (TPSA) is 89.1 Å². The number of nitrogens with one attached hydrogen (secondary N) is 1. The van der Waals surface area contributed by atoms with E-state index < -0.39 is 0 Å². The van der Waals surface area contributed by atoms with Crippen molar-refractivity contribution in [1.29, 1.82) is 0 Å². The van der Waals surface area contributed by atoms with Crippen LogP contribution in [0.1, 0.15) is 37.3 Å². The summed E-state index contributed by atoms with van der Waals surface area (Å²) >= 11 is 0. The van der Waals surface area contributed by atoms with Gasteiger partial charge in [-0.25, -0.2) is 0 Å². The molecule has 3 rings (SSSR count). The van der Waals surface area contributed by atoms with E-state index in [4.69, 9.17) is 4.42 Å². The molecule has 1 amide bonds. The highest BCUT2D eigenvalue weighted by molar-refractivity contribution is 5.77. The summed E-state index contributed by atoms with van der Waals surface area (Å²) in [5, 5.41) is 15.2. The summed E-state index contributed by atoms with van der Waals surface area (Å²) in [5.74, 6) is 1.00. The summed E-state index contributed by atoms with van der Waals surface area (Å²) in [6.45, 7) is 5.13. The van der Waals surface area contributed by atoms with Crippen molar-refractivity contribution in [2.45, 2.75) is 32.7 Å². The van der Waals surface area contributed by atoms with Gasteiger partial charge in [0.05, 0.1) is 12.2 Å². The van der Waals surface area contributed by atoms with Crippen molar-refractivity contribution in [3.8, 4) is 0 Å². The van der Waals surface area contributed by atoms with Crippen LogP contribution in [-0.4, -0.2) is 43.9 Å². The van der Waals surface area contributed by atoms with Crippen LogP contribution >= 0.6 is 0 Å². The Hall–Kier alpha value is -2.38. The van der Waals surface area contributed by atoms with Gasteiger partial charge in [0.2, 0.25) is 11.8 Å². The molecule has 0 radical (unpaired) electrons. The molecule has 2 aromatic rings. The third-order valence-corrected chi connectivity index (χ3v) is 4.28. The van der Waals surface area contributed by atoms with E-state index in [-0.39, 0.29) is 17.9 Å². The van der Waals surface area contributed by atoms with Crippen molar-refractivity contribution in [2.75, 3.05) is 18.4 Å². The number of carbonyl (C=O) groups is 1. The number of aromatic nitrogens is 4. The third-order valence-electron chi connectivity index (χ3n) is 4.28. The zero-order valence-corrected chi connectivity index (χ0v) is 13.7. The van der Waals surface area contributed by atoms with Crippen LogP contribution in [0.4, 0.5) is 6.01 Å². The van der Waals surface area contributed by atoms with Gasteiger partial charge >= 0.3 is 6.01 Å². The lowest BCUT2D eigenvalue weighted by Gasteiger charge is -2.40. The zero-order chi connectivity index (χ0) is 16.4. The Morgan fingerprint density at radius 3 is 2.87 bits per heavy atom. The number of anilines is 1. The Morgan fingerprint density at radius 1 is 1.43 bits per heavy atom. The van der Waals surface area contributed by atoms with Gasteiger partial charge in [0, 0.05) is 51.2 Å². The van der Waals surface area contributed by atoms with Crippen LogP contribution < -0.4 is 5.32 Å². The van der Waals surface area contributed by atoms with Crippen LogP contribution in [0.2, 0.25) is 0 Å². The summed E-state index contributed by atoms with van der Waals surface area (Å²) in [4.78, 5) is 14.2. The van der Waals surface area contributed by atoms with Gasteiger partial charge in [0.1, 0.15) is 0 Å². The van der Waals surface area contributed by atoms with Gasteiger partial charge < -0.3 is 14.6 Å². The highest BCUT2D eigenvalue weighted by atomic mass is 16.4. The molecule has 23 heavy (non-hydrogen) atoms. The summed E-state index contributed by atoms with van der Waals surface area (Å²) < 4.78 is 7.14. The number of hydrogen-bond donors (Lipinski definition) is 1. The number of rotatable bonds is 5. The summed E-state index contributed by atoms with van der Waals surface area (Å²) in [6.07, 6.45) is 5.22. The highest BCUT2D eigenvalue weighted by Crippen LogP contribution is 2.36. The van der Waals surface area contributed by atoms with E-state index in [1.807, 2.05) is 31.3 Å². The van der Waals surface area contributed by atoms with Crippen molar-refractivity contribution in [1.82, 2.24) is 24.9 Å². The van der Waals surface area contributed by atoms with Crippen LogP contribution in [0.5, 0.6) is 0 Å². The highest BCUT2D eigenvalue weighted by Gasteiger charge is 2.36. The molecule has 8 nitrogen and oxygen atoms in total. The maximum absolute atomic E-state index is 12.3. The second-order valence-electron chi connectivity index (χ2n) is 5.88. The largest absolute Gasteiger partial charge is 0.408 e. The Kier molecular flexibility index (Phi) is 4.31. The molecule has 1 saturated heterocycles. The molecule has 1 fully saturated rings. The fourth-order valence-corrected chi connectivity index (χ4v) is 3.24. The van der Waals surface area contributed by atoms with Gasteiger partial charge in [-0.1, -0.05) is 5.10 Å². The molecule has 0 bridgehead atoms. The average Bonchev–Trinajstić information content (AvgIpc) is 3.14. The van der Waals surface area contributed by atoms with Crippen LogP contribution in [0.25, 0.3) is 0 Å². The first-order valence-corrected chi connectivity index (χ1v) is 7.90. The maximum Gasteiger partial charge on any atom is 0.315 e. The predicted octanol–water partition coefficient (Wildman–Crippen LogP) is 1.52. The average molecular weight is 318 g/mol. The minimum atomic E-state index is 0.0199. The number of carbonyl (C=O) groups excluding carboxylic acids is 1. The SMILES string of the molecule is CCN1C(=O)CC[C@H](CNc2nnc(C)o2)[C@H]1c1cnn(C)c1. The second-order valence-corrected chi connectivity index (χ2v) is 5.88. The summed E-state index contributed by atoms with van der Waals surface area (Å²) in [5.41, 5.74) is 1.07. The van der Waals surface area contributed by atoms with Gasteiger partial charge in [-0.3, -0.25) is 9.48 Å². The van der Waals surface area contributed by atoms with Gasteiger partial charge in [-0.2, -0.15) is 5.10 Å². The minimum Gasteiger partial charge on any atom is -0.408 e. The molecule has 1 aliphatic heterocycles. The number of hydrogen-bond acceptors (Lipinski definition) is 6. The van der Waals surface area contributed by atoms with Gasteiger partial charge in [0.15, 0.2) is 0 Å². The van der Waals surface area contributed by atoms with Crippen LogP contribution in [-0.2, 0) is 11.8 Å². The van der Waals surface area contributed by atoms with Crippen molar-refractivity contribution in [3.63, 3.8) is 0 Å². The van der Waals surface area contributed by atoms with E-state index in [9.17, 15) is 4.79 Å². The molecule has 1 aliphatic rings. The number of amides is 1. The van der Waals surface area contributed by atoms with Gasteiger partial charge in [-0.15, -0.1) is 5.10 Å². The second kappa shape index (κ2) is 6.39. The third kappa shape index (κ3) is 3.20. The van der Waals surface area contributed by atoms with Crippen molar-refractivity contribution in [2.24, 2.45) is 13.0 Å². The fraction of sp³-hybridized carbons (Fsp3) is 0.600. The first kappa shape index (κ1) is 15.5. The van der Waals surface area contributed by atoms with Crippen LogP contribution in [0.3, 0.4) is 0 Å². The molecule has 0 aromatic carbocycles. The van der Waals surface area contributed by atoms with Crippen molar-refractivity contribution >= 4 is 11.9 Å². The molecule has 0 unspecified atom stereocenters. The maximum atomic E-state index is 12.3. The summed E-state index contributed by atoms with van der Waals surface area (Å²) in [6, 6.07) is 0.443. The standard InChI is InChI=1S/C15H22N6O2/c1-4-21-13(22)6-5-11(7-16-15-19-18-10(2)23-15)14(21)12-8-17-20(3)9-12/h8-9,11,14H,4-7H2,1-3H3,(H,16,19)/t11-,14+/m1/s1. The Labute approximate surface area is 134 Å². The van der Waals surface area contributed by atoms with Crippen LogP contribution in [0.15, 0.2) is 16.8 Å². The zero-order valence-electron chi connectivity index (χ0n) is 13.7. The van der Waals surface area contributed by atoms with Gasteiger partial charge in [0.25, 0.3) is 0 Å². The van der Waals surface area contributed by atoms with E-state index in [2.05, 4.69) is 20.6 Å². The first-order valence-electron chi connectivity index (χ1n) is 7.90. The van der Waals surface area contributed by atoms with E-state index in [1.165, 1.54) is 0 Å². The molecule has 0 aliphatic carbocycles. The Balaban J connectivity index is 1.79. The van der Waals surface area contributed by atoms with Crippen molar-refractivity contribution < 1.29 is 9.21 Å². The lowest BCUT2D eigenvalue weighted by molar-refractivity contribution is -0.138. The normalized spacial score (nSPS) is 21.7. The molecule has 124 valence electrons. The number of likely N-dealkylation sites (tertiary alicyclic amines) is 1. The van der Waals surface area contributed by atoms with Crippen molar-refractivity contribution in [3.05, 3.63) is 23.8 Å². The lowest BCUT2D eigenvalue weighted by atomic mass is 9.85. The summed E-state index contributed by atoms with van der Waals surface area (Å²) in [7, 11) is 1.89. The van der Waals surface area contributed by atoms with Crippen LogP contribution in [0, 0.1) is 12.8 Å². The van der Waals surface area contributed by atoms with E-state index in [1.54, 1.807) is 11.6 Å². The molecular weight excluding hydrogens is 296 g/mol. The predicted molar refractivity (Wildman–Crippen MR) is 83.6 cm³/mol. The molecular formula is C15H22N6O2. The molecule has 2 aromatic heterocycles. The molecule has 1 N–H and O–H groups in total. The molecule has 2 atom stereocenters. The number of aryl methyl sites for hydroxylation is 2. The molecule has 0 spiro atoms. The smallest absolute Gasteiger partial charge is 0.315 e. The molecule has 8 heteroatoms. The lowest BCUT2D eigenvalue weighted by Crippen LogP contribution is -2.44. The Morgan fingerprint density at radius 2 is 2.26 bits per heavy atom. The quantitative estimate of drug-likeness (QED) is 0.899. The fourth-order valence-electron chi connectivity index (χ4n) is 3.24. The van der Waals surface area contributed by atoms with E-state index >= 15 is 0 Å². The first-order chi connectivity index (χ1) is 11.1. The number of piperidine rings is 1. The minimum absolute atomic E-state index is 0.0199. The van der Waals surface area contributed by atoms with Gasteiger partial charge in [-0.05, 0) is 13.3 Å². The Bertz CT molecular complexity index is 679. The van der Waals surface area contributed by atoms with E-state index in [0.717, 1.165) is 12.0 Å².